The summed E-state index contributed by atoms with van der Waals surface area (Å²) in [6, 6.07) is 5.99. The highest BCUT2D eigenvalue weighted by Crippen LogP contribution is 2.21. The fourth-order valence-corrected chi connectivity index (χ4v) is 2.02. The number of rotatable bonds is 3. The molecule has 5 nitrogen and oxygen atoms in total. The summed E-state index contributed by atoms with van der Waals surface area (Å²) < 4.78 is 18.5. The summed E-state index contributed by atoms with van der Waals surface area (Å²) in [6.45, 7) is 0. The number of carbonyl (C=O) groups is 1. The quantitative estimate of drug-likeness (QED) is 0.874. The third-order valence-electron chi connectivity index (χ3n) is 3.03. The van der Waals surface area contributed by atoms with Crippen molar-refractivity contribution in [3.63, 3.8) is 0 Å². The summed E-state index contributed by atoms with van der Waals surface area (Å²) >= 11 is 0. The molecule has 0 N–H and O–H groups in total. The highest BCUT2D eigenvalue weighted by molar-refractivity contribution is 6.05. The Balaban J connectivity index is 1.97. The molecule has 0 aliphatic carbocycles. The van der Waals surface area contributed by atoms with Gasteiger partial charge in [-0.05, 0) is 36.4 Å². The summed E-state index contributed by atoms with van der Waals surface area (Å²) in [4.78, 5) is 22.0. The number of amides is 1. The van der Waals surface area contributed by atoms with Crippen LogP contribution < -0.4 is 4.90 Å². The first-order valence-corrected chi connectivity index (χ1v) is 6.59. The number of allylic oxidation sites excluding steroid dienone is 2. The SMILES string of the molecule is O=C(c1ccc(F)cn1)N(c1cccnc1)C1C=CC=CO1. The van der Waals surface area contributed by atoms with Gasteiger partial charge in [-0.2, -0.15) is 0 Å². The lowest BCUT2D eigenvalue weighted by Crippen LogP contribution is -2.41. The second-order valence-electron chi connectivity index (χ2n) is 4.49. The van der Waals surface area contributed by atoms with Gasteiger partial charge in [0.25, 0.3) is 5.91 Å². The molecule has 0 fully saturated rings. The molecule has 2 aromatic heterocycles. The summed E-state index contributed by atoms with van der Waals surface area (Å²) in [7, 11) is 0. The Morgan fingerprint density at radius 1 is 1.23 bits per heavy atom. The average molecular weight is 297 g/mol. The predicted molar refractivity (Wildman–Crippen MR) is 78.4 cm³/mol. The van der Waals surface area contributed by atoms with Crippen molar-refractivity contribution in [3.05, 3.63) is 78.9 Å². The molecule has 1 aliphatic rings. The Kier molecular flexibility index (Phi) is 3.91. The van der Waals surface area contributed by atoms with Crippen molar-refractivity contribution in [3.8, 4) is 0 Å². The van der Waals surface area contributed by atoms with Gasteiger partial charge in [-0.1, -0.05) is 6.08 Å². The van der Waals surface area contributed by atoms with Crippen LogP contribution in [0.5, 0.6) is 0 Å². The first-order valence-electron chi connectivity index (χ1n) is 6.59. The van der Waals surface area contributed by atoms with Crippen LogP contribution in [0, 0.1) is 5.82 Å². The average Bonchev–Trinajstić information content (AvgIpc) is 2.57. The smallest absolute Gasteiger partial charge is 0.280 e. The number of carbonyl (C=O) groups excluding carboxylic acids is 1. The van der Waals surface area contributed by atoms with Crippen molar-refractivity contribution < 1.29 is 13.9 Å². The third-order valence-corrected chi connectivity index (χ3v) is 3.03. The normalized spacial score (nSPS) is 16.1. The van der Waals surface area contributed by atoms with Gasteiger partial charge in [0.1, 0.15) is 11.5 Å². The van der Waals surface area contributed by atoms with E-state index in [1.807, 2.05) is 0 Å². The minimum absolute atomic E-state index is 0.122. The number of ether oxygens (including phenoxy) is 1. The highest BCUT2D eigenvalue weighted by atomic mass is 19.1. The van der Waals surface area contributed by atoms with E-state index in [-0.39, 0.29) is 5.69 Å². The molecule has 0 bridgehead atoms. The van der Waals surface area contributed by atoms with Crippen LogP contribution in [-0.2, 0) is 4.74 Å². The lowest BCUT2D eigenvalue weighted by molar-refractivity contribution is 0.0902. The first kappa shape index (κ1) is 13.9. The molecule has 22 heavy (non-hydrogen) atoms. The fourth-order valence-electron chi connectivity index (χ4n) is 2.02. The number of nitrogens with zero attached hydrogens (tertiary/aromatic N) is 3. The Morgan fingerprint density at radius 3 is 2.77 bits per heavy atom. The lowest BCUT2D eigenvalue weighted by Gasteiger charge is -2.29. The summed E-state index contributed by atoms with van der Waals surface area (Å²) in [5.74, 6) is -0.904. The van der Waals surface area contributed by atoms with Crippen molar-refractivity contribution in [1.82, 2.24) is 9.97 Å². The summed E-state index contributed by atoms with van der Waals surface area (Å²) in [5.41, 5.74) is 0.681. The minimum atomic E-state index is -0.617. The van der Waals surface area contributed by atoms with Crippen molar-refractivity contribution >= 4 is 11.6 Å². The third kappa shape index (κ3) is 2.85. The van der Waals surface area contributed by atoms with Gasteiger partial charge < -0.3 is 4.74 Å². The van der Waals surface area contributed by atoms with Crippen molar-refractivity contribution in [1.29, 1.82) is 0 Å². The topological polar surface area (TPSA) is 55.3 Å². The zero-order chi connectivity index (χ0) is 15.4. The summed E-state index contributed by atoms with van der Waals surface area (Å²) in [5, 5.41) is 0. The highest BCUT2D eigenvalue weighted by Gasteiger charge is 2.27. The van der Waals surface area contributed by atoms with Crippen LogP contribution in [0.15, 0.2) is 67.3 Å². The number of halogens is 1. The second kappa shape index (κ2) is 6.17. The molecule has 3 heterocycles. The van der Waals surface area contributed by atoms with Crippen LogP contribution in [-0.4, -0.2) is 22.1 Å². The number of aromatic nitrogens is 2. The van der Waals surface area contributed by atoms with E-state index in [0.717, 1.165) is 6.20 Å². The maximum Gasteiger partial charge on any atom is 0.280 e. The van der Waals surface area contributed by atoms with E-state index < -0.39 is 18.0 Å². The lowest BCUT2D eigenvalue weighted by atomic mass is 10.2. The monoisotopic (exact) mass is 297 g/mol. The zero-order valence-corrected chi connectivity index (χ0v) is 11.5. The van der Waals surface area contributed by atoms with Gasteiger partial charge in [0.2, 0.25) is 0 Å². The molecule has 0 spiro atoms. The van der Waals surface area contributed by atoms with E-state index in [9.17, 15) is 9.18 Å². The Hall–Kier alpha value is -3.02. The van der Waals surface area contributed by atoms with Crippen LogP contribution in [0.4, 0.5) is 10.1 Å². The summed E-state index contributed by atoms with van der Waals surface area (Å²) in [6.07, 6.45) is 10.3. The van der Waals surface area contributed by atoms with Gasteiger partial charge >= 0.3 is 0 Å². The second-order valence-corrected chi connectivity index (χ2v) is 4.49. The Bertz CT molecular complexity index is 714. The zero-order valence-electron chi connectivity index (χ0n) is 11.5. The predicted octanol–water partition coefficient (Wildman–Crippen LogP) is 2.69. The van der Waals surface area contributed by atoms with Gasteiger partial charge in [0.15, 0.2) is 6.23 Å². The molecule has 110 valence electrons. The maximum atomic E-state index is 13.0. The van der Waals surface area contributed by atoms with E-state index >= 15 is 0 Å². The molecule has 1 atom stereocenters. The van der Waals surface area contributed by atoms with Crippen molar-refractivity contribution in [2.24, 2.45) is 0 Å². The van der Waals surface area contributed by atoms with Gasteiger partial charge in [-0.25, -0.2) is 9.37 Å². The van der Waals surface area contributed by atoms with E-state index in [4.69, 9.17) is 4.74 Å². The van der Waals surface area contributed by atoms with Crippen LogP contribution in [0.25, 0.3) is 0 Å². The molecule has 0 saturated heterocycles. The molecular weight excluding hydrogens is 285 g/mol. The molecule has 3 rings (SSSR count). The van der Waals surface area contributed by atoms with Gasteiger partial charge in [-0.15, -0.1) is 0 Å². The van der Waals surface area contributed by atoms with E-state index in [1.165, 1.54) is 23.3 Å². The number of pyridine rings is 2. The van der Waals surface area contributed by atoms with Crippen LogP contribution in [0.3, 0.4) is 0 Å². The van der Waals surface area contributed by atoms with Crippen LogP contribution in [0.1, 0.15) is 10.5 Å². The Morgan fingerprint density at radius 2 is 2.14 bits per heavy atom. The van der Waals surface area contributed by atoms with E-state index in [2.05, 4.69) is 9.97 Å². The number of anilines is 1. The molecule has 1 amide bonds. The molecule has 1 unspecified atom stereocenters. The Labute approximate surface area is 126 Å². The van der Waals surface area contributed by atoms with Crippen molar-refractivity contribution in [2.75, 3.05) is 4.90 Å². The largest absolute Gasteiger partial charge is 0.474 e. The first-order chi connectivity index (χ1) is 10.8. The van der Waals surface area contributed by atoms with Crippen molar-refractivity contribution in [2.45, 2.75) is 6.23 Å². The molecule has 0 saturated carbocycles. The van der Waals surface area contributed by atoms with Gasteiger partial charge in [0.05, 0.1) is 24.3 Å². The molecule has 6 heteroatoms. The van der Waals surface area contributed by atoms with Crippen LogP contribution in [0.2, 0.25) is 0 Å². The molecule has 0 radical (unpaired) electrons. The standard InChI is InChI=1S/C16H12FN3O2/c17-12-6-7-14(19-10-12)16(21)20(13-4-3-8-18-11-13)15-5-1-2-9-22-15/h1-11,15H. The van der Waals surface area contributed by atoms with Gasteiger partial charge in [-0.3, -0.25) is 14.7 Å². The maximum absolute atomic E-state index is 13.0. The number of hydrogen-bond acceptors (Lipinski definition) is 4. The minimum Gasteiger partial charge on any atom is -0.474 e. The molecule has 1 aliphatic heterocycles. The van der Waals surface area contributed by atoms with E-state index in [0.29, 0.717) is 5.69 Å². The number of hydrogen-bond donors (Lipinski definition) is 0. The molecule has 2 aromatic rings. The molecular formula is C16H12FN3O2. The van der Waals surface area contributed by atoms with E-state index in [1.54, 1.807) is 42.8 Å². The fraction of sp³-hybridized carbons (Fsp3) is 0.0625. The van der Waals surface area contributed by atoms with Crippen LogP contribution >= 0.6 is 0 Å². The molecule has 0 aromatic carbocycles. The van der Waals surface area contributed by atoms with Gasteiger partial charge in [0, 0.05) is 6.20 Å².